The minimum Gasteiger partial charge on any atom is -0.456 e. The van der Waals surface area contributed by atoms with Gasteiger partial charge in [0.05, 0.1) is 5.69 Å². The minimum absolute atomic E-state index is 0.908. The Morgan fingerprint density at radius 3 is 1.48 bits per heavy atom. The lowest BCUT2D eigenvalue weighted by Crippen LogP contribution is -2.10. The molecule has 1 heterocycles. The van der Waals surface area contributed by atoms with Gasteiger partial charge in [0.1, 0.15) is 11.2 Å². The number of benzene rings is 12. The minimum atomic E-state index is 0.908. The van der Waals surface area contributed by atoms with Crippen LogP contribution in [-0.4, -0.2) is 0 Å². The highest BCUT2D eigenvalue weighted by atomic mass is 16.3. The van der Waals surface area contributed by atoms with Crippen LogP contribution in [0.15, 0.2) is 253 Å². The quantitative estimate of drug-likeness (QED) is 0.149. The van der Waals surface area contributed by atoms with Gasteiger partial charge >= 0.3 is 0 Å². The van der Waals surface area contributed by atoms with Crippen molar-refractivity contribution >= 4 is 82.1 Å². The van der Waals surface area contributed by atoms with Crippen molar-refractivity contribution in [1.82, 2.24) is 0 Å². The molecule has 2 heteroatoms. The molecule has 0 amide bonds. The zero-order valence-electron chi connectivity index (χ0n) is 36.0. The number of furan rings is 1. The highest BCUT2D eigenvalue weighted by Gasteiger charge is 2.20. The summed E-state index contributed by atoms with van der Waals surface area (Å²) in [4.78, 5) is 2.42. The highest BCUT2D eigenvalue weighted by molar-refractivity contribution is 6.15. The standard InChI is InChI=1S/C64H41NO/c1-4-16-52-45(12-1)15-11-22-60(52)64-54-18-6-2-13-46(54)32-38-55(64)47-30-36-51(37-31-47)65(61-40-49-14-3-5-17-53(49)56-19-7-8-20-57(56)61)50-34-28-43(29-35-50)42-24-26-44(27-25-42)48-33-39-59-58-21-9-10-23-62(58)66-63(59)41-48/h1-41H. The lowest BCUT2D eigenvalue weighted by molar-refractivity contribution is 0.669. The molecular formula is C64H41NO. The average molecular weight is 840 g/mol. The van der Waals surface area contributed by atoms with E-state index in [2.05, 4.69) is 241 Å². The van der Waals surface area contributed by atoms with Crippen molar-refractivity contribution in [1.29, 1.82) is 0 Å². The van der Waals surface area contributed by atoms with E-state index >= 15 is 0 Å². The van der Waals surface area contributed by atoms with Crippen molar-refractivity contribution in [3.63, 3.8) is 0 Å². The van der Waals surface area contributed by atoms with Crippen LogP contribution in [0.3, 0.4) is 0 Å². The van der Waals surface area contributed by atoms with Crippen molar-refractivity contribution in [2.75, 3.05) is 4.90 Å². The molecule has 0 fully saturated rings. The molecule has 0 saturated carbocycles. The topological polar surface area (TPSA) is 16.4 Å². The summed E-state index contributed by atoms with van der Waals surface area (Å²) in [6, 6.07) is 90.4. The molecule has 0 saturated heterocycles. The lowest BCUT2D eigenvalue weighted by atomic mass is 9.87. The molecule has 0 aliphatic heterocycles. The van der Waals surface area contributed by atoms with Crippen LogP contribution in [-0.2, 0) is 0 Å². The first-order valence-electron chi connectivity index (χ1n) is 22.7. The van der Waals surface area contributed by atoms with E-state index in [1.165, 1.54) is 70.9 Å². The predicted molar refractivity (Wildman–Crippen MR) is 280 cm³/mol. The molecule has 0 radical (unpaired) electrons. The van der Waals surface area contributed by atoms with Crippen LogP contribution in [0.25, 0.3) is 110 Å². The van der Waals surface area contributed by atoms with Crippen molar-refractivity contribution in [3.8, 4) is 44.5 Å². The molecule has 0 bridgehead atoms. The number of rotatable bonds is 7. The summed E-state index contributed by atoms with van der Waals surface area (Å²) in [6.07, 6.45) is 0. The number of hydrogen-bond acceptors (Lipinski definition) is 2. The molecule has 1 aromatic heterocycles. The summed E-state index contributed by atoms with van der Waals surface area (Å²) >= 11 is 0. The van der Waals surface area contributed by atoms with Crippen molar-refractivity contribution in [2.45, 2.75) is 0 Å². The van der Waals surface area contributed by atoms with Gasteiger partial charge in [-0.15, -0.1) is 0 Å². The van der Waals surface area contributed by atoms with Gasteiger partial charge in [-0.3, -0.25) is 0 Å². The van der Waals surface area contributed by atoms with Crippen molar-refractivity contribution in [3.05, 3.63) is 249 Å². The van der Waals surface area contributed by atoms with Crippen molar-refractivity contribution < 1.29 is 4.42 Å². The highest BCUT2D eigenvalue weighted by Crippen LogP contribution is 2.45. The molecule has 0 aliphatic carbocycles. The van der Waals surface area contributed by atoms with Crippen LogP contribution < -0.4 is 4.90 Å². The van der Waals surface area contributed by atoms with Gasteiger partial charge in [-0.05, 0) is 131 Å². The molecule has 13 rings (SSSR count). The molecule has 66 heavy (non-hydrogen) atoms. The van der Waals surface area contributed by atoms with E-state index < -0.39 is 0 Å². The second kappa shape index (κ2) is 15.5. The number of hydrogen-bond donors (Lipinski definition) is 0. The Morgan fingerprint density at radius 2 is 0.758 bits per heavy atom. The van der Waals surface area contributed by atoms with Crippen LogP contribution >= 0.6 is 0 Å². The third-order valence-electron chi connectivity index (χ3n) is 13.5. The maximum Gasteiger partial charge on any atom is 0.136 e. The van der Waals surface area contributed by atoms with E-state index in [-0.39, 0.29) is 0 Å². The van der Waals surface area contributed by atoms with Gasteiger partial charge in [0.2, 0.25) is 0 Å². The Bertz CT molecular complexity index is 3970. The number of para-hydroxylation sites is 1. The molecular weight excluding hydrogens is 799 g/mol. The fourth-order valence-corrected chi connectivity index (χ4v) is 10.2. The van der Waals surface area contributed by atoms with Gasteiger partial charge in [-0.25, -0.2) is 0 Å². The predicted octanol–water partition coefficient (Wildman–Crippen LogP) is 18.3. The molecule has 0 atom stereocenters. The first kappa shape index (κ1) is 37.8. The third kappa shape index (κ3) is 6.34. The first-order valence-corrected chi connectivity index (χ1v) is 22.7. The zero-order chi connectivity index (χ0) is 43.6. The molecule has 0 unspecified atom stereocenters. The number of fused-ring (bicyclic) bond motifs is 8. The maximum absolute atomic E-state index is 6.22. The summed E-state index contributed by atoms with van der Waals surface area (Å²) in [5.74, 6) is 0. The first-order chi connectivity index (χ1) is 32.7. The van der Waals surface area contributed by atoms with Gasteiger partial charge < -0.3 is 9.32 Å². The SMILES string of the molecule is c1ccc2c(-c3c(-c4ccc(N(c5ccc(-c6ccc(-c7ccc8c(c7)oc7ccccc78)cc6)cc5)c5cc6ccccc6c6ccccc56)cc4)ccc4ccccc34)cccc2c1. The van der Waals surface area contributed by atoms with Crippen LogP contribution in [0, 0.1) is 0 Å². The van der Waals surface area contributed by atoms with Gasteiger partial charge in [0, 0.05) is 27.5 Å². The van der Waals surface area contributed by atoms with E-state index in [1.807, 2.05) is 12.1 Å². The monoisotopic (exact) mass is 839 g/mol. The molecule has 0 N–H and O–H groups in total. The molecule has 0 spiro atoms. The zero-order valence-corrected chi connectivity index (χ0v) is 36.0. The van der Waals surface area contributed by atoms with E-state index in [1.54, 1.807) is 0 Å². The summed E-state index contributed by atoms with van der Waals surface area (Å²) in [5.41, 5.74) is 14.6. The molecule has 2 nitrogen and oxygen atoms in total. The Morgan fingerprint density at radius 1 is 0.258 bits per heavy atom. The number of anilines is 3. The van der Waals surface area contributed by atoms with Crippen molar-refractivity contribution in [2.24, 2.45) is 0 Å². The summed E-state index contributed by atoms with van der Waals surface area (Å²) < 4.78 is 6.22. The van der Waals surface area contributed by atoms with Gasteiger partial charge in [0.15, 0.2) is 0 Å². The number of nitrogens with zero attached hydrogens (tertiary/aromatic N) is 1. The van der Waals surface area contributed by atoms with Crippen LogP contribution in [0.1, 0.15) is 0 Å². The Hall–Kier alpha value is -8.72. The largest absolute Gasteiger partial charge is 0.456 e. The van der Waals surface area contributed by atoms with E-state index in [0.717, 1.165) is 55.7 Å². The third-order valence-corrected chi connectivity index (χ3v) is 13.5. The smallest absolute Gasteiger partial charge is 0.136 e. The molecule has 13 aromatic rings. The van der Waals surface area contributed by atoms with Crippen LogP contribution in [0.2, 0.25) is 0 Å². The molecule has 0 aliphatic rings. The van der Waals surface area contributed by atoms with E-state index in [9.17, 15) is 0 Å². The Labute approximate surface area is 382 Å². The van der Waals surface area contributed by atoms with Gasteiger partial charge in [-0.2, -0.15) is 0 Å². The summed E-state index contributed by atoms with van der Waals surface area (Å²) in [7, 11) is 0. The average Bonchev–Trinajstić information content (AvgIpc) is 3.77. The fraction of sp³-hybridized carbons (Fsp3) is 0. The summed E-state index contributed by atoms with van der Waals surface area (Å²) in [6.45, 7) is 0. The second-order valence-corrected chi connectivity index (χ2v) is 17.2. The maximum atomic E-state index is 6.22. The van der Waals surface area contributed by atoms with Crippen LogP contribution in [0.5, 0.6) is 0 Å². The van der Waals surface area contributed by atoms with Gasteiger partial charge in [-0.1, -0.05) is 200 Å². The fourth-order valence-electron chi connectivity index (χ4n) is 10.2. The molecule has 12 aromatic carbocycles. The Balaban J connectivity index is 0.906. The van der Waals surface area contributed by atoms with Gasteiger partial charge in [0.25, 0.3) is 0 Å². The lowest BCUT2D eigenvalue weighted by Gasteiger charge is -2.28. The second-order valence-electron chi connectivity index (χ2n) is 17.2. The molecule has 308 valence electrons. The Kier molecular flexibility index (Phi) is 8.89. The van der Waals surface area contributed by atoms with Crippen LogP contribution in [0.4, 0.5) is 17.1 Å². The van der Waals surface area contributed by atoms with E-state index in [4.69, 9.17) is 4.42 Å². The van der Waals surface area contributed by atoms with E-state index in [0.29, 0.717) is 0 Å². The summed E-state index contributed by atoms with van der Waals surface area (Å²) in [5, 5.41) is 12.2. The normalized spacial score (nSPS) is 11.6.